The van der Waals surface area contributed by atoms with Crippen LogP contribution in [0.3, 0.4) is 0 Å². The van der Waals surface area contributed by atoms with Crippen molar-refractivity contribution in [1.29, 1.82) is 0 Å². The molecule has 0 spiro atoms. The van der Waals surface area contributed by atoms with Crippen molar-refractivity contribution >= 4 is 11.6 Å². The van der Waals surface area contributed by atoms with E-state index in [1.54, 1.807) is 0 Å². The fraction of sp³-hybridized carbons (Fsp3) is 0.167. The highest BCUT2D eigenvalue weighted by molar-refractivity contribution is 6.12. The molecule has 2 aliphatic heterocycles. The van der Waals surface area contributed by atoms with Crippen molar-refractivity contribution in [2.45, 2.75) is 24.8 Å². The molecule has 0 bridgehead atoms. The van der Waals surface area contributed by atoms with E-state index < -0.39 is 0 Å². The smallest absolute Gasteiger partial charge is 0.259 e. The number of hydrogen-bond acceptors (Lipinski definition) is 1. The minimum Gasteiger partial charge on any atom is -0.300 e. The van der Waals surface area contributed by atoms with Gasteiger partial charge in [-0.3, -0.25) is 4.79 Å². The van der Waals surface area contributed by atoms with Gasteiger partial charge in [0.05, 0.1) is 11.5 Å². The van der Waals surface area contributed by atoms with Crippen molar-refractivity contribution in [2.75, 3.05) is 4.90 Å². The van der Waals surface area contributed by atoms with Crippen LogP contribution in [0.1, 0.15) is 49.8 Å². The first kappa shape index (κ1) is 18.0. The van der Waals surface area contributed by atoms with E-state index in [1.165, 1.54) is 33.4 Å². The molecule has 0 saturated carbocycles. The number of carbonyl (C=O) groups is 1. The normalized spacial score (nSPS) is 24.4. The van der Waals surface area contributed by atoms with Crippen molar-refractivity contribution in [2.24, 2.45) is 5.92 Å². The maximum Gasteiger partial charge on any atom is 0.259 e. The van der Waals surface area contributed by atoms with Gasteiger partial charge in [0.1, 0.15) is 0 Å². The van der Waals surface area contributed by atoms with Gasteiger partial charge in [0.25, 0.3) is 5.91 Å². The van der Waals surface area contributed by atoms with Crippen LogP contribution in [0.2, 0.25) is 0 Å². The molecule has 3 aliphatic rings. The molecular weight excluding hydrogens is 390 g/mol. The van der Waals surface area contributed by atoms with Gasteiger partial charge in [0.2, 0.25) is 0 Å². The molecular formula is C30H23NO. The van der Waals surface area contributed by atoms with Crippen LogP contribution in [0.15, 0.2) is 97.1 Å². The minimum absolute atomic E-state index is 0.0292. The molecule has 2 heteroatoms. The highest BCUT2D eigenvalue weighted by atomic mass is 16.2. The van der Waals surface area contributed by atoms with Gasteiger partial charge in [0, 0.05) is 17.2 Å². The van der Waals surface area contributed by atoms with Gasteiger partial charge in [-0.1, -0.05) is 90.5 Å². The summed E-state index contributed by atoms with van der Waals surface area (Å²) in [5.41, 5.74) is 9.38. The lowest BCUT2D eigenvalue weighted by Crippen LogP contribution is -2.48. The lowest BCUT2D eigenvalue weighted by Gasteiger charge is -2.49. The van der Waals surface area contributed by atoms with Crippen molar-refractivity contribution in [1.82, 2.24) is 0 Å². The lowest BCUT2D eigenvalue weighted by atomic mass is 9.59. The molecule has 154 valence electrons. The summed E-state index contributed by atoms with van der Waals surface area (Å²) in [5.74, 6) is 0.373. The van der Waals surface area contributed by atoms with Crippen LogP contribution in [0.5, 0.6) is 0 Å². The van der Waals surface area contributed by atoms with Crippen molar-refractivity contribution < 1.29 is 4.79 Å². The Morgan fingerprint density at radius 1 is 0.812 bits per heavy atom. The van der Waals surface area contributed by atoms with Crippen LogP contribution in [-0.4, -0.2) is 5.91 Å². The van der Waals surface area contributed by atoms with E-state index in [1.807, 2.05) is 12.1 Å². The largest absolute Gasteiger partial charge is 0.300 e. The second-order valence-electron chi connectivity index (χ2n) is 9.37. The Balaban J connectivity index is 1.65. The standard InChI is InChI=1S/C30H23NO/c1-19-15-16-27-25(17-19)30(21-10-3-2-4-11-21)24-14-8-5-9-20(24)18-26(30)28-22-12-6-7-13-23(22)29(32)31(27)28/h2-17,26,28H,18H2,1H3/t26-,28+,30+/m0/s1. The number of hydrogen-bond donors (Lipinski definition) is 0. The number of aryl methyl sites for hydroxylation is 1. The number of anilines is 1. The highest BCUT2D eigenvalue weighted by Crippen LogP contribution is 2.64. The van der Waals surface area contributed by atoms with E-state index in [0.29, 0.717) is 0 Å². The van der Waals surface area contributed by atoms with Gasteiger partial charge >= 0.3 is 0 Å². The summed E-state index contributed by atoms with van der Waals surface area (Å²) in [5, 5.41) is 0. The quantitative estimate of drug-likeness (QED) is 0.363. The van der Waals surface area contributed by atoms with E-state index in [9.17, 15) is 4.79 Å². The maximum absolute atomic E-state index is 13.7. The molecule has 0 unspecified atom stereocenters. The molecule has 4 aromatic carbocycles. The predicted octanol–water partition coefficient (Wildman–Crippen LogP) is 6.22. The first-order valence-corrected chi connectivity index (χ1v) is 11.4. The molecule has 4 aromatic rings. The van der Waals surface area contributed by atoms with E-state index >= 15 is 0 Å². The molecule has 0 radical (unpaired) electrons. The van der Waals surface area contributed by atoms with Crippen molar-refractivity contribution in [3.8, 4) is 0 Å². The fourth-order valence-electron chi connectivity index (χ4n) is 6.77. The van der Waals surface area contributed by atoms with E-state index in [-0.39, 0.29) is 23.3 Å². The average molecular weight is 414 g/mol. The molecule has 7 rings (SSSR count). The summed E-state index contributed by atoms with van der Waals surface area (Å²) in [7, 11) is 0. The Hall–Kier alpha value is -3.65. The second-order valence-corrected chi connectivity index (χ2v) is 9.37. The Morgan fingerprint density at radius 2 is 1.56 bits per heavy atom. The predicted molar refractivity (Wildman–Crippen MR) is 127 cm³/mol. The first-order valence-electron chi connectivity index (χ1n) is 11.4. The number of carbonyl (C=O) groups excluding carboxylic acids is 1. The van der Waals surface area contributed by atoms with E-state index in [4.69, 9.17) is 0 Å². The number of nitrogens with zero attached hydrogens (tertiary/aromatic N) is 1. The van der Waals surface area contributed by atoms with Crippen LogP contribution in [0.25, 0.3) is 0 Å². The van der Waals surface area contributed by atoms with Crippen LogP contribution in [0.4, 0.5) is 5.69 Å². The first-order chi connectivity index (χ1) is 15.7. The zero-order valence-electron chi connectivity index (χ0n) is 18.0. The van der Waals surface area contributed by atoms with Gasteiger partial charge in [0.15, 0.2) is 0 Å². The second kappa shape index (κ2) is 6.20. The van der Waals surface area contributed by atoms with Crippen LogP contribution >= 0.6 is 0 Å². The zero-order chi connectivity index (χ0) is 21.4. The number of rotatable bonds is 1. The van der Waals surface area contributed by atoms with Gasteiger partial charge in [-0.05, 0) is 53.3 Å². The van der Waals surface area contributed by atoms with Crippen molar-refractivity contribution in [3.63, 3.8) is 0 Å². The topological polar surface area (TPSA) is 20.3 Å². The third-order valence-electron chi connectivity index (χ3n) is 7.89. The molecule has 1 amide bonds. The Labute approximate surface area is 188 Å². The molecule has 3 atom stereocenters. The number of benzene rings is 4. The Morgan fingerprint density at radius 3 is 2.44 bits per heavy atom. The molecule has 2 heterocycles. The summed E-state index contributed by atoms with van der Waals surface area (Å²) in [6.45, 7) is 2.15. The third-order valence-corrected chi connectivity index (χ3v) is 7.89. The average Bonchev–Trinajstić information content (AvgIpc) is 3.34. The van der Waals surface area contributed by atoms with Crippen molar-refractivity contribution in [3.05, 3.63) is 136 Å². The minimum atomic E-state index is -0.280. The Bertz CT molecular complexity index is 1410. The van der Waals surface area contributed by atoms with Crippen LogP contribution in [-0.2, 0) is 11.8 Å². The number of fused-ring (bicyclic) bond motifs is 10. The molecule has 32 heavy (non-hydrogen) atoms. The molecule has 0 fully saturated rings. The van der Waals surface area contributed by atoms with Gasteiger partial charge in [-0.15, -0.1) is 0 Å². The maximum atomic E-state index is 13.7. The van der Waals surface area contributed by atoms with Gasteiger partial charge < -0.3 is 4.90 Å². The zero-order valence-corrected chi connectivity index (χ0v) is 18.0. The molecule has 0 aromatic heterocycles. The summed E-state index contributed by atoms with van der Waals surface area (Å²) >= 11 is 0. The SMILES string of the molecule is Cc1ccc2c(c1)[C@@]1(c3ccccc3)c3ccccc3C[C@H]1[C@H]1c3ccccc3C(=O)N21. The van der Waals surface area contributed by atoms with E-state index in [2.05, 4.69) is 96.8 Å². The van der Waals surface area contributed by atoms with Gasteiger partial charge in [-0.25, -0.2) is 0 Å². The highest BCUT2D eigenvalue weighted by Gasteiger charge is 2.60. The summed E-state index contributed by atoms with van der Waals surface area (Å²) in [6.07, 6.45) is 0.960. The van der Waals surface area contributed by atoms with E-state index in [0.717, 1.165) is 17.7 Å². The molecule has 2 nitrogen and oxygen atoms in total. The summed E-state index contributed by atoms with van der Waals surface area (Å²) < 4.78 is 0. The molecule has 1 aliphatic carbocycles. The monoisotopic (exact) mass is 413 g/mol. The summed E-state index contributed by atoms with van der Waals surface area (Å²) in [6, 6.07) is 34.7. The fourth-order valence-corrected chi connectivity index (χ4v) is 6.77. The molecule has 0 N–H and O–H groups in total. The lowest BCUT2D eigenvalue weighted by molar-refractivity contribution is 0.0977. The summed E-state index contributed by atoms with van der Waals surface area (Å²) in [4.78, 5) is 15.8. The van der Waals surface area contributed by atoms with Crippen LogP contribution in [0, 0.1) is 12.8 Å². The molecule has 0 saturated heterocycles. The number of amides is 1. The third kappa shape index (κ3) is 2.03. The Kier molecular flexibility index (Phi) is 3.48. The van der Waals surface area contributed by atoms with Gasteiger partial charge in [-0.2, -0.15) is 0 Å². The van der Waals surface area contributed by atoms with Crippen LogP contribution < -0.4 is 4.90 Å².